The van der Waals surface area contributed by atoms with Crippen LogP contribution in [0.5, 0.6) is 11.5 Å². The summed E-state index contributed by atoms with van der Waals surface area (Å²) in [5.41, 5.74) is 2.72. The van der Waals surface area contributed by atoms with Gasteiger partial charge in [0.05, 0.1) is 17.0 Å². The summed E-state index contributed by atoms with van der Waals surface area (Å²) < 4.78 is 12.1. The van der Waals surface area contributed by atoms with Crippen LogP contribution in [0.1, 0.15) is 33.3 Å². The van der Waals surface area contributed by atoms with Gasteiger partial charge in [-0.1, -0.05) is 54.1 Å². The first-order valence-electron chi connectivity index (χ1n) is 11.5. The third-order valence-electron chi connectivity index (χ3n) is 6.26. The van der Waals surface area contributed by atoms with Crippen molar-refractivity contribution in [1.82, 2.24) is 0 Å². The molecule has 1 aliphatic rings. The molecule has 0 saturated carbocycles. The number of aryl methyl sites for hydroxylation is 1. The fraction of sp³-hybridized carbons (Fsp3) is 0.0667. The van der Waals surface area contributed by atoms with Gasteiger partial charge in [0.2, 0.25) is 5.76 Å². The van der Waals surface area contributed by atoms with E-state index < -0.39 is 6.04 Å². The summed E-state index contributed by atoms with van der Waals surface area (Å²) in [4.78, 5) is 29.2. The normalized spacial score (nSPS) is 14.8. The maximum Gasteiger partial charge on any atom is 0.295 e. The summed E-state index contributed by atoms with van der Waals surface area (Å²) in [5.74, 6) is 0.949. The van der Waals surface area contributed by atoms with Crippen molar-refractivity contribution in [2.45, 2.75) is 13.0 Å². The summed E-state index contributed by atoms with van der Waals surface area (Å²) >= 11 is 6.19. The zero-order valence-electron chi connectivity index (χ0n) is 19.3. The zero-order chi connectivity index (χ0) is 24.8. The summed E-state index contributed by atoms with van der Waals surface area (Å²) in [6, 6.07) is 28.6. The number of ether oxygens (including phenoxy) is 1. The van der Waals surface area contributed by atoms with Gasteiger partial charge in [0, 0.05) is 10.7 Å². The van der Waals surface area contributed by atoms with Gasteiger partial charge < -0.3 is 9.15 Å². The van der Waals surface area contributed by atoms with Gasteiger partial charge in [-0.25, -0.2) is 0 Å². The highest BCUT2D eigenvalue weighted by molar-refractivity contribution is 6.31. The molecule has 176 valence electrons. The summed E-state index contributed by atoms with van der Waals surface area (Å²) in [6.45, 7) is 1.96. The molecule has 0 N–H and O–H groups in total. The van der Waals surface area contributed by atoms with Gasteiger partial charge >= 0.3 is 0 Å². The number of halogens is 1. The van der Waals surface area contributed by atoms with E-state index in [0.717, 1.165) is 11.1 Å². The molecule has 36 heavy (non-hydrogen) atoms. The number of amides is 1. The number of hydrogen-bond donors (Lipinski definition) is 0. The maximum absolute atomic E-state index is 13.8. The third-order valence-corrected chi connectivity index (χ3v) is 6.50. The van der Waals surface area contributed by atoms with Crippen molar-refractivity contribution in [1.29, 1.82) is 0 Å². The predicted molar refractivity (Wildman–Crippen MR) is 140 cm³/mol. The Morgan fingerprint density at radius 3 is 2.42 bits per heavy atom. The van der Waals surface area contributed by atoms with Crippen LogP contribution < -0.4 is 15.1 Å². The van der Waals surface area contributed by atoms with E-state index in [1.807, 2.05) is 85.8 Å². The fourth-order valence-electron chi connectivity index (χ4n) is 4.68. The largest absolute Gasteiger partial charge is 0.457 e. The smallest absolute Gasteiger partial charge is 0.295 e. The minimum absolute atomic E-state index is 0.0377. The van der Waals surface area contributed by atoms with Crippen LogP contribution in [0.3, 0.4) is 0 Å². The number of carbonyl (C=O) groups is 1. The Balaban J connectivity index is 1.56. The van der Waals surface area contributed by atoms with Gasteiger partial charge in [0.25, 0.3) is 5.91 Å². The molecule has 1 amide bonds. The van der Waals surface area contributed by atoms with Crippen molar-refractivity contribution in [3.05, 3.63) is 135 Å². The maximum atomic E-state index is 13.8. The molecule has 4 aromatic carbocycles. The lowest BCUT2D eigenvalue weighted by Crippen LogP contribution is -2.29. The molecule has 5 nitrogen and oxygen atoms in total. The molecule has 0 aliphatic carbocycles. The Morgan fingerprint density at radius 2 is 1.61 bits per heavy atom. The lowest BCUT2D eigenvalue weighted by atomic mass is 9.98. The van der Waals surface area contributed by atoms with Crippen molar-refractivity contribution in [2.24, 2.45) is 0 Å². The van der Waals surface area contributed by atoms with E-state index in [1.54, 1.807) is 23.1 Å². The summed E-state index contributed by atoms with van der Waals surface area (Å²) in [6.07, 6.45) is 0. The molecule has 1 aliphatic heterocycles. The van der Waals surface area contributed by atoms with Gasteiger partial charge in [-0.2, -0.15) is 0 Å². The van der Waals surface area contributed by atoms with Crippen LogP contribution in [-0.4, -0.2) is 5.91 Å². The average molecular weight is 494 g/mol. The van der Waals surface area contributed by atoms with Gasteiger partial charge in [-0.15, -0.1) is 0 Å². The SMILES string of the molecule is Cc1cccc(N2C(=O)c3oc4ccc(Cl)cc4c(=O)c3C2c2cccc(Oc3ccccc3)c2)c1. The molecule has 5 aromatic rings. The Bertz CT molecular complexity index is 1690. The molecule has 6 rings (SSSR count). The molecule has 2 heterocycles. The fourth-order valence-corrected chi connectivity index (χ4v) is 4.85. The van der Waals surface area contributed by atoms with E-state index in [0.29, 0.717) is 33.2 Å². The Morgan fingerprint density at radius 1 is 0.833 bits per heavy atom. The minimum Gasteiger partial charge on any atom is -0.457 e. The van der Waals surface area contributed by atoms with Crippen LogP contribution >= 0.6 is 11.6 Å². The summed E-state index contributed by atoms with van der Waals surface area (Å²) in [5, 5.41) is 0.756. The van der Waals surface area contributed by atoms with E-state index >= 15 is 0 Å². The van der Waals surface area contributed by atoms with Crippen molar-refractivity contribution >= 4 is 34.2 Å². The van der Waals surface area contributed by atoms with Gasteiger partial charge in [0.1, 0.15) is 17.1 Å². The van der Waals surface area contributed by atoms with E-state index in [-0.39, 0.29) is 22.7 Å². The number of anilines is 1. The molecule has 6 heteroatoms. The van der Waals surface area contributed by atoms with Crippen LogP contribution in [0.2, 0.25) is 5.02 Å². The molecule has 1 aromatic heterocycles. The Labute approximate surface area is 212 Å². The van der Waals surface area contributed by atoms with Crippen LogP contribution in [0.15, 0.2) is 106 Å². The van der Waals surface area contributed by atoms with E-state index in [2.05, 4.69) is 0 Å². The second-order valence-corrected chi connectivity index (χ2v) is 9.16. The first-order chi connectivity index (χ1) is 17.5. The molecular formula is C30H20ClNO4. The van der Waals surface area contributed by atoms with Gasteiger partial charge in [-0.05, 0) is 72.6 Å². The number of hydrogen-bond acceptors (Lipinski definition) is 4. The van der Waals surface area contributed by atoms with Crippen LogP contribution in [0, 0.1) is 6.92 Å². The number of benzene rings is 4. The Kier molecular flexibility index (Phi) is 5.35. The standard InChI is InChI=1S/C30H20ClNO4/c1-18-7-5-9-21(15-18)32-27(19-8-6-12-23(16-19)35-22-10-3-2-4-11-22)26-28(33)24-17-20(31)13-14-25(24)36-29(26)30(32)34/h2-17,27H,1H3. The van der Waals surface area contributed by atoms with Gasteiger partial charge in [-0.3, -0.25) is 14.5 Å². The minimum atomic E-state index is -0.701. The highest BCUT2D eigenvalue weighted by Gasteiger charge is 2.43. The van der Waals surface area contributed by atoms with Crippen LogP contribution in [0.4, 0.5) is 5.69 Å². The quantitative estimate of drug-likeness (QED) is 0.263. The Hall–Kier alpha value is -4.35. The zero-order valence-corrected chi connectivity index (χ0v) is 20.0. The van der Waals surface area contributed by atoms with Crippen molar-refractivity contribution in [3.63, 3.8) is 0 Å². The van der Waals surface area contributed by atoms with Crippen molar-refractivity contribution < 1.29 is 13.9 Å². The molecule has 0 saturated heterocycles. The number of fused-ring (bicyclic) bond motifs is 2. The van der Waals surface area contributed by atoms with Gasteiger partial charge in [0.15, 0.2) is 5.43 Å². The molecule has 0 spiro atoms. The van der Waals surface area contributed by atoms with Crippen molar-refractivity contribution in [2.75, 3.05) is 4.90 Å². The highest BCUT2D eigenvalue weighted by atomic mass is 35.5. The van der Waals surface area contributed by atoms with Crippen LogP contribution in [-0.2, 0) is 0 Å². The topological polar surface area (TPSA) is 59.8 Å². The summed E-state index contributed by atoms with van der Waals surface area (Å²) in [7, 11) is 0. The lowest BCUT2D eigenvalue weighted by molar-refractivity contribution is 0.0971. The van der Waals surface area contributed by atoms with E-state index in [4.69, 9.17) is 20.8 Å². The van der Waals surface area contributed by atoms with Crippen LogP contribution in [0.25, 0.3) is 11.0 Å². The number of para-hydroxylation sites is 1. The lowest BCUT2D eigenvalue weighted by Gasteiger charge is -2.26. The molecule has 0 radical (unpaired) electrons. The molecule has 0 bridgehead atoms. The van der Waals surface area contributed by atoms with Crippen molar-refractivity contribution in [3.8, 4) is 11.5 Å². The number of nitrogens with zero attached hydrogens (tertiary/aromatic N) is 1. The number of rotatable bonds is 4. The monoisotopic (exact) mass is 493 g/mol. The average Bonchev–Trinajstić information content (AvgIpc) is 3.18. The molecule has 1 atom stereocenters. The molecule has 1 unspecified atom stereocenters. The first kappa shape index (κ1) is 22.1. The second-order valence-electron chi connectivity index (χ2n) is 8.72. The third kappa shape index (κ3) is 3.74. The van der Waals surface area contributed by atoms with E-state index in [9.17, 15) is 9.59 Å². The van der Waals surface area contributed by atoms with E-state index in [1.165, 1.54) is 0 Å². The predicted octanol–water partition coefficient (Wildman–Crippen LogP) is 7.30. The first-order valence-corrected chi connectivity index (χ1v) is 11.9. The number of carbonyl (C=O) groups excluding carboxylic acids is 1. The highest BCUT2D eigenvalue weighted by Crippen LogP contribution is 2.42. The molecule has 0 fully saturated rings. The second kappa shape index (κ2) is 8.70. The molecular weight excluding hydrogens is 474 g/mol.